The third-order valence-corrected chi connectivity index (χ3v) is 8.71. The lowest BCUT2D eigenvalue weighted by atomic mass is 9.95. The standard InChI is InChI=1S/C21H23F3N2O4S.H2/c22-21(23,24)16-6-1-2-7-18(16)31(28,29)14-10-15(17(11-14)30-13-4-3-5-13)19(27)26-20(12-25)8-9-20;/h1-2,6-7,13-15,17H,3-5,8-11H2,(H,26,27);1H/t14-,15-,17-;/m0./s1. The normalized spacial score (nSPS) is 27.9. The lowest BCUT2D eigenvalue weighted by Crippen LogP contribution is -2.43. The Morgan fingerprint density at radius 1 is 1.23 bits per heavy atom. The largest absolute Gasteiger partial charge is 0.417 e. The van der Waals surface area contributed by atoms with Crippen molar-refractivity contribution in [2.24, 2.45) is 5.92 Å². The molecular weight excluding hydrogens is 433 g/mol. The van der Waals surface area contributed by atoms with Crippen molar-refractivity contribution in [2.75, 3.05) is 0 Å². The Morgan fingerprint density at radius 3 is 2.45 bits per heavy atom. The average molecular weight is 459 g/mol. The van der Waals surface area contributed by atoms with Crippen molar-refractivity contribution in [2.45, 2.75) is 79.0 Å². The van der Waals surface area contributed by atoms with Gasteiger partial charge in [0.1, 0.15) is 5.54 Å². The Kier molecular flexibility index (Phi) is 5.54. The van der Waals surface area contributed by atoms with Crippen LogP contribution in [0.3, 0.4) is 0 Å². The van der Waals surface area contributed by atoms with Crippen LogP contribution >= 0.6 is 0 Å². The van der Waals surface area contributed by atoms with E-state index in [-0.39, 0.29) is 20.4 Å². The van der Waals surface area contributed by atoms with Crippen molar-refractivity contribution < 1.29 is 32.5 Å². The summed E-state index contributed by atoms with van der Waals surface area (Å²) in [6, 6.07) is 6.17. The summed E-state index contributed by atoms with van der Waals surface area (Å²) < 4.78 is 72.6. The molecule has 3 aliphatic rings. The molecule has 1 aromatic carbocycles. The molecule has 1 aromatic rings. The van der Waals surface area contributed by atoms with Gasteiger partial charge in [-0.1, -0.05) is 12.1 Å². The van der Waals surface area contributed by atoms with Gasteiger partial charge in [0.15, 0.2) is 9.84 Å². The molecule has 3 atom stereocenters. The predicted octanol–water partition coefficient (Wildman–Crippen LogP) is 3.61. The number of nitrogens with zero attached hydrogens (tertiary/aromatic N) is 1. The SMILES string of the molecule is N#CC1(NC(=O)[C@H]2C[C@H](S(=O)(=O)c3ccccc3C(F)(F)F)C[C@@H]2OC2CCC2)CC1.[HH]. The number of halogens is 3. The molecular formula is C21H25F3N2O4S. The van der Waals surface area contributed by atoms with E-state index in [0.717, 1.165) is 37.5 Å². The zero-order valence-electron chi connectivity index (χ0n) is 16.7. The summed E-state index contributed by atoms with van der Waals surface area (Å²) in [5.41, 5.74) is -2.13. The minimum Gasteiger partial charge on any atom is -0.374 e. The summed E-state index contributed by atoms with van der Waals surface area (Å²) >= 11 is 0. The first-order valence-corrected chi connectivity index (χ1v) is 11.9. The number of sulfone groups is 1. The average Bonchev–Trinajstić information content (AvgIpc) is 3.31. The zero-order chi connectivity index (χ0) is 22.4. The molecule has 0 spiro atoms. The lowest BCUT2D eigenvalue weighted by molar-refractivity contribution is -0.140. The van der Waals surface area contributed by atoms with Gasteiger partial charge in [-0.05, 0) is 57.1 Å². The number of nitrogens with one attached hydrogen (secondary N) is 1. The fraction of sp³-hybridized carbons (Fsp3) is 0.619. The quantitative estimate of drug-likeness (QED) is 0.703. The van der Waals surface area contributed by atoms with Gasteiger partial charge in [0.05, 0.1) is 39.9 Å². The monoisotopic (exact) mass is 458 g/mol. The van der Waals surface area contributed by atoms with Gasteiger partial charge in [0, 0.05) is 1.43 Å². The minimum absolute atomic E-state index is 0. The third kappa shape index (κ3) is 4.30. The Morgan fingerprint density at radius 2 is 1.90 bits per heavy atom. The highest BCUT2D eigenvalue weighted by molar-refractivity contribution is 7.92. The maximum absolute atomic E-state index is 13.4. The molecule has 0 aromatic heterocycles. The first-order chi connectivity index (χ1) is 14.6. The van der Waals surface area contributed by atoms with Crippen LogP contribution in [0.4, 0.5) is 13.2 Å². The van der Waals surface area contributed by atoms with E-state index in [1.807, 2.05) is 0 Å². The Balaban J connectivity index is 0.00000289. The van der Waals surface area contributed by atoms with Crippen molar-refractivity contribution in [3.8, 4) is 6.07 Å². The highest BCUT2D eigenvalue weighted by Crippen LogP contribution is 2.43. The lowest BCUT2D eigenvalue weighted by Gasteiger charge is -2.31. The molecule has 6 nitrogen and oxygen atoms in total. The molecule has 0 aliphatic heterocycles. The number of hydrogen-bond donors (Lipinski definition) is 1. The number of ether oxygens (including phenoxy) is 1. The summed E-state index contributed by atoms with van der Waals surface area (Å²) in [4.78, 5) is 12.1. The number of rotatable bonds is 6. The van der Waals surface area contributed by atoms with Crippen molar-refractivity contribution in [3.63, 3.8) is 0 Å². The maximum Gasteiger partial charge on any atom is 0.417 e. The van der Waals surface area contributed by atoms with Gasteiger partial charge in [0.25, 0.3) is 0 Å². The topological polar surface area (TPSA) is 96.3 Å². The second kappa shape index (κ2) is 7.78. The van der Waals surface area contributed by atoms with E-state index in [2.05, 4.69) is 11.4 Å². The Bertz CT molecular complexity index is 1020. The zero-order valence-corrected chi connectivity index (χ0v) is 17.5. The van der Waals surface area contributed by atoms with Gasteiger partial charge in [-0.2, -0.15) is 18.4 Å². The van der Waals surface area contributed by atoms with E-state index >= 15 is 0 Å². The molecule has 0 unspecified atom stereocenters. The molecule has 0 heterocycles. The van der Waals surface area contributed by atoms with Crippen molar-refractivity contribution in [1.82, 2.24) is 5.32 Å². The maximum atomic E-state index is 13.4. The highest BCUT2D eigenvalue weighted by Gasteiger charge is 2.51. The van der Waals surface area contributed by atoms with Gasteiger partial charge in [-0.15, -0.1) is 0 Å². The predicted molar refractivity (Wildman–Crippen MR) is 105 cm³/mol. The molecule has 3 aliphatic carbocycles. The van der Waals surface area contributed by atoms with Crippen LogP contribution in [0, 0.1) is 17.2 Å². The van der Waals surface area contributed by atoms with Gasteiger partial charge >= 0.3 is 6.18 Å². The second-order valence-corrected chi connectivity index (χ2v) is 10.8. The molecule has 170 valence electrons. The summed E-state index contributed by atoms with van der Waals surface area (Å²) in [5.74, 6) is -1.30. The molecule has 0 radical (unpaired) electrons. The minimum atomic E-state index is -4.81. The number of carbonyl (C=O) groups is 1. The Labute approximate surface area is 180 Å². The molecule has 31 heavy (non-hydrogen) atoms. The summed E-state index contributed by atoms with van der Waals surface area (Å²) in [6.45, 7) is 0. The van der Waals surface area contributed by atoms with Crippen LogP contribution < -0.4 is 5.32 Å². The van der Waals surface area contributed by atoms with E-state index in [4.69, 9.17) is 4.74 Å². The van der Waals surface area contributed by atoms with E-state index < -0.39 is 55.2 Å². The molecule has 0 bridgehead atoms. The summed E-state index contributed by atoms with van der Waals surface area (Å²) in [7, 11) is -4.35. The van der Waals surface area contributed by atoms with Gasteiger partial charge in [-0.3, -0.25) is 4.79 Å². The first-order valence-electron chi connectivity index (χ1n) is 10.3. The van der Waals surface area contributed by atoms with E-state index in [1.54, 1.807) is 0 Å². The third-order valence-electron chi connectivity index (χ3n) is 6.48. The van der Waals surface area contributed by atoms with E-state index in [9.17, 15) is 31.6 Å². The second-order valence-electron chi connectivity index (χ2n) is 8.65. The first kappa shape index (κ1) is 22.1. The molecule has 3 fully saturated rings. The summed E-state index contributed by atoms with van der Waals surface area (Å²) in [5, 5.41) is 10.8. The van der Waals surface area contributed by atoms with Crippen molar-refractivity contribution in [3.05, 3.63) is 29.8 Å². The number of alkyl halides is 3. The fourth-order valence-corrected chi connectivity index (χ4v) is 6.26. The fourth-order valence-electron chi connectivity index (χ4n) is 4.24. The summed E-state index contributed by atoms with van der Waals surface area (Å²) in [6.07, 6.45) is -2.15. The van der Waals surface area contributed by atoms with Crippen LogP contribution in [0.15, 0.2) is 29.2 Å². The molecule has 4 rings (SSSR count). The van der Waals surface area contributed by atoms with Crippen molar-refractivity contribution in [1.29, 1.82) is 5.26 Å². The smallest absolute Gasteiger partial charge is 0.374 e. The van der Waals surface area contributed by atoms with Crippen LogP contribution in [0.25, 0.3) is 0 Å². The number of nitriles is 1. The number of carbonyl (C=O) groups excluding carboxylic acids is 1. The van der Waals surface area contributed by atoms with E-state index in [1.165, 1.54) is 6.07 Å². The van der Waals surface area contributed by atoms with Gasteiger partial charge in [-0.25, -0.2) is 8.42 Å². The number of amides is 1. The molecule has 1 amide bonds. The van der Waals surface area contributed by atoms with Crippen molar-refractivity contribution >= 4 is 15.7 Å². The molecule has 0 saturated heterocycles. The number of hydrogen-bond acceptors (Lipinski definition) is 5. The van der Waals surface area contributed by atoms with Crippen LogP contribution in [0.5, 0.6) is 0 Å². The van der Waals surface area contributed by atoms with Crippen LogP contribution in [0.1, 0.15) is 51.9 Å². The molecule has 1 N–H and O–H groups in total. The highest BCUT2D eigenvalue weighted by atomic mass is 32.2. The Hall–Kier alpha value is -2.12. The number of benzene rings is 1. The van der Waals surface area contributed by atoms with E-state index in [0.29, 0.717) is 12.8 Å². The van der Waals surface area contributed by atoms with Crippen LogP contribution in [-0.2, 0) is 25.5 Å². The van der Waals surface area contributed by atoms with Crippen LogP contribution in [-0.4, -0.2) is 37.3 Å². The van der Waals surface area contributed by atoms with Gasteiger partial charge < -0.3 is 10.1 Å². The molecule has 3 saturated carbocycles. The van der Waals surface area contributed by atoms with Gasteiger partial charge in [0.2, 0.25) is 5.91 Å². The van der Waals surface area contributed by atoms with Crippen LogP contribution in [0.2, 0.25) is 0 Å². The molecule has 10 heteroatoms.